The molecule has 1 aliphatic heterocycles. The number of nitrogens with one attached hydrogen (secondary N) is 2. The normalized spacial score (nSPS) is 30.9. The summed E-state index contributed by atoms with van der Waals surface area (Å²) in [6.45, 7) is 3.19. The Hall–Kier alpha value is -0.280. The van der Waals surface area contributed by atoms with Crippen molar-refractivity contribution in [2.24, 2.45) is 5.92 Å². The second kappa shape index (κ2) is 4.52. The lowest BCUT2D eigenvalue weighted by Gasteiger charge is -2.05. The molecular formula is C6H13ClN2O. The van der Waals surface area contributed by atoms with E-state index in [1.165, 1.54) is 0 Å². The Balaban J connectivity index is 0.000000810. The third kappa shape index (κ3) is 2.54. The Kier molecular flexibility index (Phi) is 4.40. The van der Waals surface area contributed by atoms with Gasteiger partial charge in [-0.05, 0) is 18.9 Å². The molecule has 1 amide bonds. The van der Waals surface area contributed by atoms with Gasteiger partial charge in [-0.1, -0.05) is 6.92 Å². The fourth-order valence-corrected chi connectivity index (χ4v) is 1.12. The van der Waals surface area contributed by atoms with Crippen LogP contribution in [0.15, 0.2) is 0 Å². The van der Waals surface area contributed by atoms with E-state index in [9.17, 15) is 4.79 Å². The van der Waals surface area contributed by atoms with Crippen LogP contribution in [0.5, 0.6) is 0 Å². The van der Waals surface area contributed by atoms with E-state index in [-0.39, 0.29) is 18.6 Å². The zero-order chi connectivity index (χ0) is 6.69. The van der Waals surface area contributed by atoms with Crippen molar-refractivity contribution in [2.75, 3.05) is 6.54 Å². The quantitative estimate of drug-likeness (QED) is 0.569. The summed E-state index contributed by atoms with van der Waals surface area (Å²) in [6.07, 6.45) is 2.02. The van der Waals surface area contributed by atoms with Gasteiger partial charge in [0.2, 0.25) is 6.41 Å². The summed E-state index contributed by atoms with van der Waals surface area (Å²) in [5, 5.41) is 5.85. The largest absolute Gasteiger partial charge is 0.343 e. The number of halogens is 1. The minimum atomic E-state index is 0. The van der Waals surface area contributed by atoms with Crippen LogP contribution < -0.4 is 10.6 Å². The van der Waals surface area contributed by atoms with Crippen molar-refractivity contribution < 1.29 is 4.79 Å². The molecule has 0 aromatic carbocycles. The Labute approximate surface area is 67.0 Å². The maximum absolute atomic E-state index is 9.92. The Bertz CT molecular complexity index is 110. The highest BCUT2D eigenvalue weighted by Crippen LogP contribution is 2.09. The van der Waals surface area contributed by atoms with Crippen LogP contribution in [0.2, 0.25) is 0 Å². The third-order valence-electron chi connectivity index (χ3n) is 1.62. The van der Waals surface area contributed by atoms with Crippen molar-refractivity contribution in [3.05, 3.63) is 0 Å². The fourth-order valence-electron chi connectivity index (χ4n) is 1.12. The number of hydrogen-bond donors (Lipinski definition) is 2. The Morgan fingerprint density at radius 3 is 2.80 bits per heavy atom. The maximum atomic E-state index is 9.92. The molecule has 2 N–H and O–H groups in total. The molecule has 0 aliphatic carbocycles. The first kappa shape index (κ1) is 9.72. The zero-order valence-corrected chi connectivity index (χ0v) is 6.78. The van der Waals surface area contributed by atoms with Crippen molar-refractivity contribution in [3.63, 3.8) is 0 Å². The van der Waals surface area contributed by atoms with Crippen molar-refractivity contribution in [3.8, 4) is 0 Å². The highest BCUT2D eigenvalue weighted by atomic mass is 35.5. The average Bonchev–Trinajstić information content (AvgIpc) is 2.17. The highest BCUT2D eigenvalue weighted by Gasteiger charge is 2.18. The topological polar surface area (TPSA) is 41.1 Å². The molecule has 1 aliphatic rings. The number of amides is 1. The van der Waals surface area contributed by atoms with Crippen molar-refractivity contribution in [1.29, 1.82) is 0 Å². The van der Waals surface area contributed by atoms with Crippen LogP contribution in [-0.4, -0.2) is 19.1 Å². The van der Waals surface area contributed by atoms with E-state index in [0.29, 0.717) is 5.92 Å². The Morgan fingerprint density at radius 2 is 2.40 bits per heavy atom. The van der Waals surface area contributed by atoms with Gasteiger partial charge in [-0.25, -0.2) is 0 Å². The van der Waals surface area contributed by atoms with E-state index >= 15 is 0 Å². The van der Waals surface area contributed by atoms with Crippen LogP contribution >= 0.6 is 12.4 Å². The summed E-state index contributed by atoms with van der Waals surface area (Å²) in [4.78, 5) is 9.92. The molecule has 1 fully saturated rings. The molecule has 0 saturated carbocycles. The maximum Gasteiger partial charge on any atom is 0.208 e. The van der Waals surface area contributed by atoms with Gasteiger partial charge in [-0.2, -0.15) is 0 Å². The summed E-state index contributed by atoms with van der Waals surface area (Å²) < 4.78 is 0. The first-order chi connectivity index (χ1) is 4.33. The van der Waals surface area contributed by atoms with Crippen LogP contribution in [-0.2, 0) is 4.79 Å². The lowest BCUT2D eigenvalue weighted by molar-refractivity contribution is -0.110. The fraction of sp³-hybridized carbons (Fsp3) is 0.833. The van der Waals surface area contributed by atoms with Crippen molar-refractivity contribution in [1.82, 2.24) is 10.6 Å². The molecule has 2 atom stereocenters. The molecule has 3 nitrogen and oxygen atoms in total. The lowest BCUT2D eigenvalue weighted by Crippen LogP contribution is -2.35. The monoisotopic (exact) mass is 164 g/mol. The molecule has 0 aromatic heterocycles. The molecule has 1 saturated heterocycles. The molecular weight excluding hydrogens is 152 g/mol. The van der Waals surface area contributed by atoms with Crippen LogP contribution in [0, 0.1) is 5.92 Å². The van der Waals surface area contributed by atoms with Gasteiger partial charge in [-0.15, -0.1) is 12.4 Å². The summed E-state index contributed by atoms with van der Waals surface area (Å²) in [6, 6.07) is 0. The number of hydrogen-bond acceptors (Lipinski definition) is 2. The minimum Gasteiger partial charge on any atom is -0.343 e. The molecule has 0 bridgehead atoms. The number of carbonyl (C=O) groups is 1. The van der Waals surface area contributed by atoms with Gasteiger partial charge in [0.1, 0.15) is 0 Å². The number of rotatable bonds is 2. The average molecular weight is 165 g/mol. The van der Waals surface area contributed by atoms with Crippen LogP contribution in [0.25, 0.3) is 0 Å². The molecule has 10 heavy (non-hydrogen) atoms. The molecule has 1 heterocycles. The van der Waals surface area contributed by atoms with E-state index in [1.807, 2.05) is 0 Å². The predicted octanol–water partition coefficient (Wildman–Crippen LogP) is 0.110. The predicted molar refractivity (Wildman–Crippen MR) is 42.0 cm³/mol. The van der Waals surface area contributed by atoms with E-state index in [4.69, 9.17) is 0 Å². The standard InChI is InChI=1S/C6H12N2O.ClH/c1-5-2-6(7-3-5)8-4-9;/h4-7H,2-3H2,1H3,(H,8,9);1H/t5-,6-;/m0./s1. The van der Waals surface area contributed by atoms with Crippen LogP contribution in [0.4, 0.5) is 0 Å². The molecule has 1 rings (SSSR count). The van der Waals surface area contributed by atoms with E-state index in [0.717, 1.165) is 19.4 Å². The van der Waals surface area contributed by atoms with E-state index < -0.39 is 0 Å². The summed E-state index contributed by atoms with van der Waals surface area (Å²) in [5.74, 6) is 0.697. The second-order valence-corrected chi connectivity index (χ2v) is 2.59. The van der Waals surface area contributed by atoms with Crippen molar-refractivity contribution in [2.45, 2.75) is 19.5 Å². The molecule has 60 valence electrons. The molecule has 0 spiro atoms. The first-order valence-electron chi connectivity index (χ1n) is 3.26. The van der Waals surface area contributed by atoms with Gasteiger partial charge < -0.3 is 5.32 Å². The Morgan fingerprint density at radius 1 is 1.70 bits per heavy atom. The van der Waals surface area contributed by atoms with Gasteiger partial charge in [-0.3, -0.25) is 10.1 Å². The first-order valence-corrected chi connectivity index (χ1v) is 3.26. The number of carbonyl (C=O) groups excluding carboxylic acids is 1. The van der Waals surface area contributed by atoms with E-state index in [1.54, 1.807) is 0 Å². The van der Waals surface area contributed by atoms with Gasteiger partial charge in [0, 0.05) is 0 Å². The third-order valence-corrected chi connectivity index (χ3v) is 1.62. The van der Waals surface area contributed by atoms with Crippen molar-refractivity contribution >= 4 is 18.8 Å². The zero-order valence-electron chi connectivity index (χ0n) is 5.96. The van der Waals surface area contributed by atoms with Gasteiger partial charge in [0.15, 0.2) is 0 Å². The van der Waals surface area contributed by atoms with Gasteiger partial charge in [0.25, 0.3) is 0 Å². The second-order valence-electron chi connectivity index (χ2n) is 2.59. The van der Waals surface area contributed by atoms with E-state index in [2.05, 4.69) is 17.6 Å². The smallest absolute Gasteiger partial charge is 0.208 e. The molecule has 0 radical (unpaired) electrons. The summed E-state index contributed by atoms with van der Waals surface area (Å²) in [7, 11) is 0. The van der Waals surface area contributed by atoms with Crippen LogP contribution in [0.3, 0.4) is 0 Å². The minimum absolute atomic E-state index is 0. The molecule has 4 heteroatoms. The highest BCUT2D eigenvalue weighted by molar-refractivity contribution is 5.85. The molecule has 0 aromatic rings. The molecule has 0 unspecified atom stereocenters. The SMILES string of the molecule is C[C@@H]1CN[C@@H](NC=O)C1.Cl. The summed E-state index contributed by atoms with van der Waals surface area (Å²) >= 11 is 0. The lowest BCUT2D eigenvalue weighted by atomic mass is 10.1. The van der Waals surface area contributed by atoms with Gasteiger partial charge >= 0.3 is 0 Å². The van der Waals surface area contributed by atoms with Gasteiger partial charge in [0.05, 0.1) is 6.17 Å². The van der Waals surface area contributed by atoms with Crippen LogP contribution in [0.1, 0.15) is 13.3 Å². The summed E-state index contributed by atoms with van der Waals surface area (Å²) in [5.41, 5.74) is 0.